The first-order valence-corrected chi connectivity index (χ1v) is 5.56. The van der Waals surface area contributed by atoms with E-state index in [1.54, 1.807) is 23.4 Å². The molecule has 0 saturated heterocycles. The molecule has 0 amide bonds. The van der Waals surface area contributed by atoms with Gasteiger partial charge in [-0.15, -0.1) is 0 Å². The summed E-state index contributed by atoms with van der Waals surface area (Å²) in [7, 11) is 3.71. The molecule has 0 aliphatic rings. The van der Waals surface area contributed by atoms with Crippen LogP contribution in [0, 0.1) is 0 Å². The van der Waals surface area contributed by atoms with E-state index in [9.17, 15) is 4.79 Å². The highest BCUT2D eigenvalue weighted by molar-refractivity contribution is 5.96. The summed E-state index contributed by atoms with van der Waals surface area (Å²) in [5.74, 6) is 0.00940. The minimum absolute atomic E-state index is 0.00940. The quantitative estimate of drug-likeness (QED) is 0.313. The van der Waals surface area contributed by atoms with Crippen molar-refractivity contribution in [3.8, 4) is 0 Å². The lowest BCUT2D eigenvalue weighted by molar-refractivity contribution is 0.0773. The molecule has 1 aromatic carbocycles. The van der Waals surface area contributed by atoms with E-state index in [-0.39, 0.29) is 12.4 Å². The Morgan fingerprint density at radius 3 is 2.71 bits per heavy atom. The van der Waals surface area contributed by atoms with E-state index in [0.717, 1.165) is 0 Å². The molecule has 0 unspecified atom stereocenters. The fraction of sp³-hybridized carbons (Fsp3) is 0.385. The molecule has 0 heterocycles. The van der Waals surface area contributed by atoms with E-state index in [1.165, 1.54) is 0 Å². The molecule has 17 heavy (non-hydrogen) atoms. The van der Waals surface area contributed by atoms with Crippen molar-refractivity contribution in [2.45, 2.75) is 6.42 Å². The van der Waals surface area contributed by atoms with Gasteiger partial charge in [0.15, 0.2) is 5.78 Å². The number of hydrogen-bond acceptors (Lipinski definition) is 4. The molecule has 0 saturated carbocycles. The third kappa shape index (κ3) is 5.82. The molecule has 0 atom stereocenters. The second-order valence-corrected chi connectivity index (χ2v) is 3.78. The van der Waals surface area contributed by atoms with Crippen LogP contribution in [0.15, 0.2) is 35.4 Å². The maximum absolute atomic E-state index is 11.6. The SMILES string of the molecule is CN(C)/N=C/CCOCC(=O)c1ccccc1. The first-order chi connectivity index (χ1) is 8.20. The number of rotatable bonds is 7. The Morgan fingerprint density at radius 1 is 1.35 bits per heavy atom. The first-order valence-electron chi connectivity index (χ1n) is 5.56. The zero-order chi connectivity index (χ0) is 12.5. The maximum atomic E-state index is 11.6. The van der Waals surface area contributed by atoms with E-state index in [0.29, 0.717) is 18.6 Å². The molecule has 0 N–H and O–H groups in total. The van der Waals surface area contributed by atoms with Crippen LogP contribution in [0.4, 0.5) is 0 Å². The van der Waals surface area contributed by atoms with Crippen molar-refractivity contribution < 1.29 is 9.53 Å². The van der Waals surface area contributed by atoms with Crippen molar-refractivity contribution in [2.24, 2.45) is 5.10 Å². The zero-order valence-corrected chi connectivity index (χ0v) is 10.3. The average Bonchev–Trinajstić information content (AvgIpc) is 2.34. The van der Waals surface area contributed by atoms with E-state index < -0.39 is 0 Å². The molecule has 0 radical (unpaired) electrons. The van der Waals surface area contributed by atoms with Crippen molar-refractivity contribution in [3.63, 3.8) is 0 Å². The van der Waals surface area contributed by atoms with Gasteiger partial charge in [-0.05, 0) is 0 Å². The summed E-state index contributed by atoms with van der Waals surface area (Å²) in [6.07, 6.45) is 2.48. The van der Waals surface area contributed by atoms with Crippen LogP contribution < -0.4 is 0 Å². The molecule has 4 nitrogen and oxygen atoms in total. The minimum Gasteiger partial charge on any atom is -0.373 e. The summed E-state index contributed by atoms with van der Waals surface area (Å²) in [6, 6.07) is 9.15. The lowest BCUT2D eigenvalue weighted by Crippen LogP contribution is -2.10. The van der Waals surface area contributed by atoms with Crippen molar-refractivity contribution in [1.82, 2.24) is 5.01 Å². The number of nitrogens with zero attached hydrogens (tertiary/aromatic N) is 2. The number of benzene rings is 1. The molecule has 1 rings (SSSR count). The highest BCUT2D eigenvalue weighted by Gasteiger charge is 2.03. The molecule has 0 fully saturated rings. The lowest BCUT2D eigenvalue weighted by Gasteiger charge is -2.03. The van der Waals surface area contributed by atoms with Crippen LogP contribution in [0.5, 0.6) is 0 Å². The monoisotopic (exact) mass is 234 g/mol. The van der Waals surface area contributed by atoms with Gasteiger partial charge in [0.1, 0.15) is 6.61 Å². The number of hydrogen-bond donors (Lipinski definition) is 0. The summed E-state index contributed by atoms with van der Waals surface area (Å²) in [4.78, 5) is 11.6. The Balaban J connectivity index is 2.17. The van der Waals surface area contributed by atoms with E-state index >= 15 is 0 Å². The van der Waals surface area contributed by atoms with Crippen LogP contribution in [0.3, 0.4) is 0 Å². The third-order valence-corrected chi connectivity index (χ3v) is 2.03. The van der Waals surface area contributed by atoms with Crippen LogP contribution >= 0.6 is 0 Å². The minimum atomic E-state index is 0.00940. The Hall–Kier alpha value is -1.68. The predicted molar refractivity (Wildman–Crippen MR) is 68.4 cm³/mol. The molecule has 0 aliphatic carbocycles. The standard InChI is InChI=1S/C13H18N2O2/c1-15(2)14-9-6-10-17-11-13(16)12-7-4-3-5-8-12/h3-5,7-9H,6,10-11H2,1-2H3/b14-9+. The fourth-order valence-corrected chi connectivity index (χ4v) is 1.23. The average molecular weight is 234 g/mol. The lowest BCUT2D eigenvalue weighted by atomic mass is 10.1. The van der Waals surface area contributed by atoms with Gasteiger partial charge in [-0.3, -0.25) is 4.79 Å². The topological polar surface area (TPSA) is 41.9 Å². The van der Waals surface area contributed by atoms with E-state index in [1.807, 2.05) is 32.3 Å². The summed E-state index contributed by atoms with van der Waals surface area (Å²) < 4.78 is 5.27. The number of ether oxygens (including phenoxy) is 1. The number of Topliss-reactive ketones (excluding diaryl/α,β-unsaturated/α-hetero) is 1. The summed E-state index contributed by atoms with van der Waals surface area (Å²) in [6.45, 7) is 0.635. The van der Waals surface area contributed by atoms with Crippen LogP contribution in [0.2, 0.25) is 0 Å². The summed E-state index contributed by atoms with van der Waals surface area (Å²) in [5, 5.41) is 5.76. The van der Waals surface area contributed by atoms with Crippen LogP contribution in [-0.2, 0) is 4.74 Å². The van der Waals surface area contributed by atoms with Crippen molar-refractivity contribution in [3.05, 3.63) is 35.9 Å². The largest absolute Gasteiger partial charge is 0.373 e. The zero-order valence-electron chi connectivity index (χ0n) is 10.3. The second kappa shape index (κ2) is 7.57. The van der Waals surface area contributed by atoms with Gasteiger partial charge in [-0.1, -0.05) is 30.3 Å². The van der Waals surface area contributed by atoms with E-state index in [4.69, 9.17) is 4.74 Å². The highest BCUT2D eigenvalue weighted by atomic mass is 16.5. The summed E-state index contributed by atoms with van der Waals surface area (Å²) >= 11 is 0. The fourth-order valence-electron chi connectivity index (χ4n) is 1.23. The molecule has 0 spiro atoms. The smallest absolute Gasteiger partial charge is 0.188 e. The van der Waals surface area contributed by atoms with Gasteiger partial charge in [0.05, 0.1) is 6.61 Å². The third-order valence-electron chi connectivity index (χ3n) is 2.03. The molecular weight excluding hydrogens is 216 g/mol. The van der Waals surface area contributed by atoms with Crippen LogP contribution in [0.25, 0.3) is 0 Å². The Bertz CT molecular complexity index is 361. The Morgan fingerprint density at radius 2 is 2.06 bits per heavy atom. The van der Waals surface area contributed by atoms with Gasteiger partial charge >= 0.3 is 0 Å². The molecule has 0 aromatic heterocycles. The normalized spacial score (nSPS) is 10.7. The number of carbonyl (C=O) groups excluding carboxylic acids is 1. The molecular formula is C13H18N2O2. The molecule has 0 aliphatic heterocycles. The van der Waals surface area contributed by atoms with E-state index in [2.05, 4.69) is 5.10 Å². The van der Waals surface area contributed by atoms with Crippen molar-refractivity contribution >= 4 is 12.0 Å². The molecule has 1 aromatic rings. The van der Waals surface area contributed by atoms with Crippen molar-refractivity contribution in [2.75, 3.05) is 27.3 Å². The Labute approximate surface area is 102 Å². The predicted octanol–water partition coefficient (Wildman–Crippen LogP) is 1.82. The molecule has 92 valence electrons. The number of ketones is 1. The van der Waals surface area contributed by atoms with Crippen LogP contribution in [-0.4, -0.2) is 44.3 Å². The van der Waals surface area contributed by atoms with Gasteiger partial charge in [0.2, 0.25) is 0 Å². The van der Waals surface area contributed by atoms with Gasteiger partial charge < -0.3 is 9.75 Å². The maximum Gasteiger partial charge on any atom is 0.188 e. The Kier molecular flexibility index (Phi) is 5.96. The van der Waals surface area contributed by atoms with Crippen molar-refractivity contribution in [1.29, 1.82) is 0 Å². The molecule has 4 heteroatoms. The van der Waals surface area contributed by atoms with Crippen LogP contribution in [0.1, 0.15) is 16.8 Å². The van der Waals surface area contributed by atoms with Gasteiger partial charge in [0.25, 0.3) is 0 Å². The highest BCUT2D eigenvalue weighted by Crippen LogP contribution is 2.00. The number of carbonyl (C=O) groups is 1. The number of hydrazone groups is 1. The first kappa shape index (κ1) is 13.4. The van der Waals surface area contributed by atoms with Gasteiger partial charge in [-0.2, -0.15) is 5.10 Å². The summed E-state index contributed by atoms with van der Waals surface area (Å²) in [5.41, 5.74) is 0.689. The van der Waals surface area contributed by atoms with Gasteiger partial charge in [-0.25, -0.2) is 0 Å². The second-order valence-electron chi connectivity index (χ2n) is 3.78. The molecule has 0 bridgehead atoms. The van der Waals surface area contributed by atoms with Gasteiger partial charge in [0, 0.05) is 32.3 Å².